The Balaban J connectivity index is 1.86. The van der Waals surface area contributed by atoms with Crippen LogP contribution >= 0.6 is 11.6 Å². The van der Waals surface area contributed by atoms with Gasteiger partial charge in [0.05, 0.1) is 13.1 Å². The van der Waals surface area contributed by atoms with Gasteiger partial charge < -0.3 is 19.9 Å². The predicted molar refractivity (Wildman–Crippen MR) is 109 cm³/mol. The first-order valence-electron chi connectivity index (χ1n) is 9.26. The molecule has 1 N–H and O–H groups in total. The quantitative estimate of drug-likeness (QED) is 0.577. The Morgan fingerprint density at radius 2 is 2.19 bits per heavy atom. The van der Waals surface area contributed by atoms with Crippen molar-refractivity contribution in [2.45, 2.75) is 13.0 Å². The Kier molecular flexibility index (Phi) is 8.48. The molecule has 0 saturated carbocycles. The van der Waals surface area contributed by atoms with Crippen LogP contribution in [0.2, 0.25) is 5.02 Å². The van der Waals surface area contributed by atoms with Crippen molar-refractivity contribution in [2.75, 3.05) is 67.0 Å². The number of hydrogen-bond donors (Lipinski definition) is 1. The molecule has 0 spiro atoms. The fourth-order valence-electron chi connectivity index (χ4n) is 2.92. The molecule has 0 bridgehead atoms. The Morgan fingerprint density at radius 1 is 1.38 bits per heavy atom. The average Bonchev–Trinajstić information content (AvgIpc) is 2.61. The summed E-state index contributed by atoms with van der Waals surface area (Å²) in [5.74, 6) is 1.71. The van der Waals surface area contributed by atoms with E-state index >= 15 is 0 Å². The summed E-state index contributed by atoms with van der Waals surface area (Å²) in [7, 11) is 6.40. The second-order valence-corrected chi connectivity index (χ2v) is 7.26. The largest absolute Gasteiger partial charge is 0.492 e. The lowest BCUT2D eigenvalue weighted by atomic mass is 10.2. The van der Waals surface area contributed by atoms with Gasteiger partial charge in [-0.2, -0.15) is 0 Å². The molecular formula is C19H32ClN5O. The van der Waals surface area contributed by atoms with E-state index in [-0.39, 0.29) is 0 Å². The summed E-state index contributed by atoms with van der Waals surface area (Å²) in [5.41, 5.74) is 0. The van der Waals surface area contributed by atoms with E-state index in [1.807, 2.05) is 31.3 Å². The van der Waals surface area contributed by atoms with E-state index in [1.165, 1.54) is 0 Å². The maximum Gasteiger partial charge on any atom is 0.193 e. The van der Waals surface area contributed by atoms with Crippen LogP contribution in [0.4, 0.5) is 0 Å². The molecule has 26 heavy (non-hydrogen) atoms. The van der Waals surface area contributed by atoms with Crippen LogP contribution in [0.5, 0.6) is 5.75 Å². The van der Waals surface area contributed by atoms with E-state index in [1.54, 1.807) is 0 Å². The van der Waals surface area contributed by atoms with Crippen molar-refractivity contribution in [1.82, 2.24) is 20.0 Å². The minimum Gasteiger partial charge on any atom is -0.492 e. The molecule has 6 nitrogen and oxygen atoms in total. The summed E-state index contributed by atoms with van der Waals surface area (Å²) in [5, 5.41) is 4.06. The zero-order valence-electron chi connectivity index (χ0n) is 16.4. The second kappa shape index (κ2) is 10.6. The maximum atomic E-state index is 5.99. The highest BCUT2D eigenvalue weighted by Gasteiger charge is 2.22. The molecule has 1 fully saturated rings. The summed E-state index contributed by atoms with van der Waals surface area (Å²) in [6.45, 7) is 8.33. The lowest BCUT2D eigenvalue weighted by Gasteiger charge is -2.37. The third kappa shape index (κ3) is 6.67. The van der Waals surface area contributed by atoms with Gasteiger partial charge in [-0.05, 0) is 39.2 Å². The number of guanidine groups is 1. The zero-order valence-corrected chi connectivity index (χ0v) is 17.2. The highest BCUT2D eigenvalue weighted by molar-refractivity contribution is 6.30. The van der Waals surface area contributed by atoms with E-state index in [4.69, 9.17) is 21.3 Å². The Labute approximate surface area is 162 Å². The van der Waals surface area contributed by atoms with E-state index in [9.17, 15) is 0 Å². The first kappa shape index (κ1) is 20.8. The molecule has 1 atom stereocenters. The third-order valence-electron chi connectivity index (χ3n) is 4.62. The monoisotopic (exact) mass is 381 g/mol. The average molecular weight is 382 g/mol. The molecule has 0 aliphatic carbocycles. The molecule has 0 amide bonds. The van der Waals surface area contributed by atoms with E-state index in [2.05, 4.69) is 41.0 Å². The van der Waals surface area contributed by atoms with Gasteiger partial charge in [0.1, 0.15) is 12.4 Å². The molecule has 0 aromatic heterocycles. The van der Waals surface area contributed by atoms with E-state index < -0.39 is 0 Å². The third-order valence-corrected chi connectivity index (χ3v) is 4.86. The van der Waals surface area contributed by atoms with Crippen LogP contribution in [0.25, 0.3) is 0 Å². The topological polar surface area (TPSA) is 43.3 Å². The fraction of sp³-hybridized carbons (Fsp3) is 0.632. The summed E-state index contributed by atoms with van der Waals surface area (Å²) < 4.78 is 5.79. The Morgan fingerprint density at radius 3 is 2.92 bits per heavy atom. The van der Waals surface area contributed by atoms with Crippen LogP contribution in [-0.4, -0.2) is 93.7 Å². The second-order valence-electron chi connectivity index (χ2n) is 6.82. The number of halogens is 1. The van der Waals surface area contributed by atoms with Gasteiger partial charge in [-0.3, -0.25) is 9.89 Å². The number of rotatable bonds is 7. The summed E-state index contributed by atoms with van der Waals surface area (Å²) in [6.07, 6.45) is 0. The molecule has 146 valence electrons. The molecule has 0 radical (unpaired) electrons. The van der Waals surface area contributed by atoms with Crippen molar-refractivity contribution in [3.8, 4) is 5.75 Å². The molecule has 1 saturated heterocycles. The maximum absolute atomic E-state index is 5.99. The van der Waals surface area contributed by atoms with Gasteiger partial charge in [0.15, 0.2) is 5.96 Å². The predicted octanol–water partition coefficient (Wildman–Crippen LogP) is 1.86. The van der Waals surface area contributed by atoms with Crippen LogP contribution in [0.3, 0.4) is 0 Å². The van der Waals surface area contributed by atoms with Gasteiger partial charge in [-0.1, -0.05) is 17.7 Å². The van der Waals surface area contributed by atoms with Crippen LogP contribution in [0.15, 0.2) is 29.3 Å². The number of hydrogen-bond acceptors (Lipinski definition) is 4. The van der Waals surface area contributed by atoms with E-state index in [0.29, 0.717) is 17.7 Å². The number of benzene rings is 1. The van der Waals surface area contributed by atoms with Crippen molar-refractivity contribution in [3.05, 3.63) is 29.3 Å². The van der Waals surface area contributed by atoms with Crippen LogP contribution < -0.4 is 10.1 Å². The number of piperazine rings is 1. The SMILES string of the molecule is CCNC(=NCC1CN(C)CCN1C)N(C)CCOc1cccc(Cl)c1. The van der Waals surface area contributed by atoms with E-state index in [0.717, 1.165) is 51.0 Å². The first-order chi connectivity index (χ1) is 12.5. The minimum absolute atomic E-state index is 0.457. The molecule has 2 rings (SSSR count). The van der Waals surface area contributed by atoms with Crippen molar-refractivity contribution in [2.24, 2.45) is 4.99 Å². The van der Waals surface area contributed by atoms with Gasteiger partial charge in [0.25, 0.3) is 0 Å². The van der Waals surface area contributed by atoms with Crippen LogP contribution in [0.1, 0.15) is 6.92 Å². The fourth-order valence-corrected chi connectivity index (χ4v) is 3.10. The van der Waals surface area contributed by atoms with Gasteiger partial charge in [-0.15, -0.1) is 0 Å². The van der Waals surface area contributed by atoms with Crippen LogP contribution in [-0.2, 0) is 0 Å². The van der Waals surface area contributed by atoms with Crippen molar-refractivity contribution in [3.63, 3.8) is 0 Å². The Bertz CT molecular complexity index is 583. The number of likely N-dealkylation sites (N-methyl/N-ethyl adjacent to an activating group) is 3. The molecule has 1 aliphatic heterocycles. The highest BCUT2D eigenvalue weighted by Crippen LogP contribution is 2.16. The molecular weight excluding hydrogens is 350 g/mol. The van der Waals surface area contributed by atoms with Crippen molar-refractivity contribution < 1.29 is 4.74 Å². The van der Waals surface area contributed by atoms with Gasteiger partial charge in [0.2, 0.25) is 0 Å². The normalized spacial score (nSPS) is 19.4. The summed E-state index contributed by atoms with van der Waals surface area (Å²) >= 11 is 5.99. The molecule has 7 heteroatoms. The summed E-state index contributed by atoms with van der Waals surface area (Å²) in [4.78, 5) is 11.7. The lowest BCUT2D eigenvalue weighted by Crippen LogP contribution is -2.51. The molecule has 1 aliphatic rings. The van der Waals surface area contributed by atoms with Crippen LogP contribution in [0, 0.1) is 0 Å². The van der Waals surface area contributed by atoms with Gasteiger partial charge in [-0.25, -0.2) is 0 Å². The van der Waals surface area contributed by atoms with Crippen molar-refractivity contribution in [1.29, 1.82) is 0 Å². The lowest BCUT2D eigenvalue weighted by molar-refractivity contribution is 0.119. The van der Waals surface area contributed by atoms with Gasteiger partial charge >= 0.3 is 0 Å². The summed E-state index contributed by atoms with van der Waals surface area (Å²) in [6, 6.07) is 7.94. The zero-order chi connectivity index (χ0) is 18.9. The molecule has 1 aromatic carbocycles. The number of nitrogens with zero attached hydrogens (tertiary/aromatic N) is 4. The molecule has 1 aromatic rings. The molecule has 1 heterocycles. The van der Waals surface area contributed by atoms with Gasteiger partial charge in [0, 0.05) is 44.3 Å². The number of ether oxygens (including phenoxy) is 1. The standard InChI is InChI=1S/C19H32ClN5O/c1-5-21-19(22-14-17-15-23(2)9-10-24(17)3)25(4)11-12-26-18-8-6-7-16(20)13-18/h6-8,13,17H,5,9-12,14-15H2,1-4H3,(H,21,22). The van der Waals surface area contributed by atoms with Crippen molar-refractivity contribution >= 4 is 17.6 Å². The number of aliphatic imine (C=N–C) groups is 1. The first-order valence-corrected chi connectivity index (χ1v) is 9.64. The minimum atomic E-state index is 0.457. The highest BCUT2D eigenvalue weighted by atomic mass is 35.5. The molecule has 1 unspecified atom stereocenters. The number of nitrogens with one attached hydrogen (secondary N) is 1. The smallest absolute Gasteiger partial charge is 0.193 e. The Hall–Kier alpha value is -1.50.